The zero-order chi connectivity index (χ0) is 34.3. The molecule has 0 bridgehead atoms. The second kappa shape index (κ2) is 12.6. The molecule has 6 aliphatic carbocycles. The average molecular weight is 683 g/mol. The van der Waals surface area contributed by atoms with E-state index in [9.17, 15) is 0 Å². The molecule has 0 aliphatic heterocycles. The van der Waals surface area contributed by atoms with E-state index in [1.165, 1.54) is 128 Å². The number of fused-ring (bicyclic) bond motifs is 6. The summed E-state index contributed by atoms with van der Waals surface area (Å²) >= 11 is 0. The summed E-state index contributed by atoms with van der Waals surface area (Å²) in [6.45, 7) is 0. The van der Waals surface area contributed by atoms with Crippen LogP contribution in [0.25, 0.3) is 43.8 Å². The molecule has 5 aromatic rings. The second-order valence-electron chi connectivity index (χ2n) is 18.4. The maximum absolute atomic E-state index is 2.65. The van der Waals surface area contributed by atoms with Crippen molar-refractivity contribution in [2.24, 2.45) is 23.7 Å². The Morgan fingerprint density at radius 3 is 0.962 bits per heavy atom. The second-order valence-corrected chi connectivity index (χ2v) is 18.4. The molecule has 6 aliphatic rings. The molecule has 4 saturated carbocycles. The van der Waals surface area contributed by atoms with E-state index < -0.39 is 0 Å². The Labute approximate surface area is 312 Å². The van der Waals surface area contributed by atoms with E-state index in [1.807, 2.05) is 0 Å². The Bertz CT molecular complexity index is 1950. The number of rotatable bonds is 4. The van der Waals surface area contributed by atoms with Gasteiger partial charge in [-0.05, 0) is 141 Å². The van der Waals surface area contributed by atoms with Crippen molar-refractivity contribution in [3.05, 3.63) is 107 Å². The van der Waals surface area contributed by atoms with Crippen LogP contribution in [0.3, 0.4) is 0 Å². The molecule has 0 unspecified atom stereocenters. The van der Waals surface area contributed by atoms with Gasteiger partial charge in [-0.2, -0.15) is 0 Å². The zero-order valence-corrected chi connectivity index (χ0v) is 31.5. The van der Waals surface area contributed by atoms with Crippen LogP contribution in [-0.2, 0) is 10.8 Å². The molecular formula is C52H58. The third-order valence-corrected chi connectivity index (χ3v) is 16.3. The van der Waals surface area contributed by atoms with Crippen LogP contribution in [0.1, 0.15) is 151 Å². The van der Waals surface area contributed by atoms with Crippen LogP contribution in [0, 0.1) is 23.7 Å². The third kappa shape index (κ3) is 4.28. The standard InChI is InChI=1S/C52H58/c1-5-19-35(20-6-1)51(36-21-7-2-8-22-36)43-31-15-13-27-39(43)47-42-30-18-34-46-50(42)48(41-29-17-33-45(51)49(41)47)40-28-14-16-32-44(40)52(46,37-23-9-3-10-24-37)38-25-11-4-12-26-38/h13-18,27-38H,1-12,19-26H2. The van der Waals surface area contributed by atoms with E-state index in [1.54, 1.807) is 66.1 Å². The molecule has 0 amide bonds. The lowest BCUT2D eigenvalue weighted by molar-refractivity contribution is 0.134. The molecule has 0 N–H and O–H groups in total. The van der Waals surface area contributed by atoms with Gasteiger partial charge in [0.05, 0.1) is 0 Å². The average Bonchev–Trinajstić information content (AvgIpc) is 3.23. The summed E-state index contributed by atoms with van der Waals surface area (Å²) in [5.74, 6) is 2.89. The van der Waals surface area contributed by atoms with Crippen molar-refractivity contribution in [1.29, 1.82) is 0 Å². The smallest absolute Gasteiger partial charge is 0.0271 e. The van der Waals surface area contributed by atoms with Gasteiger partial charge >= 0.3 is 0 Å². The molecule has 0 aromatic heterocycles. The molecule has 266 valence electrons. The number of hydrogen-bond donors (Lipinski definition) is 0. The summed E-state index contributed by atoms with van der Waals surface area (Å²) in [6, 6.07) is 35.4. The SMILES string of the molecule is c1ccc2c(c1)-c1c3cccc4c3c(c3cccc(c13)C2(C1CCCCC1)C1CCCCC1)-c1ccccc1C4(C1CCCCC1)C1CCCCC1. The monoisotopic (exact) mass is 682 g/mol. The molecule has 0 saturated heterocycles. The van der Waals surface area contributed by atoms with Gasteiger partial charge < -0.3 is 0 Å². The topological polar surface area (TPSA) is 0 Å². The van der Waals surface area contributed by atoms with Gasteiger partial charge in [0.25, 0.3) is 0 Å². The summed E-state index contributed by atoms with van der Waals surface area (Å²) in [6.07, 6.45) is 27.9. The highest BCUT2D eigenvalue weighted by Gasteiger charge is 2.55. The Balaban J connectivity index is 1.30. The van der Waals surface area contributed by atoms with Gasteiger partial charge in [0.15, 0.2) is 0 Å². The Kier molecular flexibility index (Phi) is 7.78. The lowest BCUT2D eigenvalue weighted by Crippen LogP contribution is -2.47. The van der Waals surface area contributed by atoms with Crippen LogP contribution >= 0.6 is 0 Å². The highest BCUT2D eigenvalue weighted by Crippen LogP contribution is 2.66. The minimum atomic E-state index is 0.101. The van der Waals surface area contributed by atoms with Gasteiger partial charge in [-0.15, -0.1) is 0 Å². The highest BCUT2D eigenvalue weighted by molar-refractivity contribution is 6.25. The zero-order valence-electron chi connectivity index (χ0n) is 31.5. The van der Waals surface area contributed by atoms with E-state index in [4.69, 9.17) is 0 Å². The lowest BCUT2D eigenvalue weighted by Gasteiger charge is -2.55. The first-order chi connectivity index (χ1) is 25.8. The molecule has 0 heterocycles. The van der Waals surface area contributed by atoms with Crippen molar-refractivity contribution in [2.45, 2.75) is 139 Å². The first-order valence-corrected chi connectivity index (χ1v) is 22.1. The molecule has 4 fully saturated rings. The van der Waals surface area contributed by atoms with E-state index in [-0.39, 0.29) is 10.8 Å². The Morgan fingerprint density at radius 1 is 0.308 bits per heavy atom. The van der Waals surface area contributed by atoms with Crippen molar-refractivity contribution in [1.82, 2.24) is 0 Å². The summed E-state index contributed by atoms with van der Waals surface area (Å²) in [5.41, 5.74) is 13.3. The third-order valence-electron chi connectivity index (χ3n) is 16.3. The first kappa shape index (κ1) is 32.1. The van der Waals surface area contributed by atoms with Gasteiger partial charge in [0.2, 0.25) is 0 Å². The summed E-state index contributed by atoms with van der Waals surface area (Å²) < 4.78 is 0. The van der Waals surface area contributed by atoms with Crippen LogP contribution in [0.5, 0.6) is 0 Å². The molecule has 0 radical (unpaired) electrons. The molecule has 52 heavy (non-hydrogen) atoms. The Hall–Kier alpha value is -3.38. The van der Waals surface area contributed by atoms with Crippen LogP contribution in [0.4, 0.5) is 0 Å². The summed E-state index contributed by atoms with van der Waals surface area (Å²) in [5, 5.41) is 6.34. The minimum Gasteiger partial charge on any atom is -0.0619 e. The minimum absolute atomic E-state index is 0.101. The maximum Gasteiger partial charge on any atom is 0.0271 e. The van der Waals surface area contributed by atoms with Gasteiger partial charge in [-0.3, -0.25) is 0 Å². The predicted molar refractivity (Wildman–Crippen MR) is 220 cm³/mol. The summed E-state index contributed by atoms with van der Waals surface area (Å²) in [7, 11) is 0. The van der Waals surface area contributed by atoms with Crippen molar-refractivity contribution >= 4 is 21.5 Å². The fourth-order valence-electron chi connectivity index (χ4n) is 14.6. The van der Waals surface area contributed by atoms with E-state index in [0.29, 0.717) is 0 Å². The fraction of sp³-hybridized carbons (Fsp3) is 0.500. The predicted octanol–water partition coefficient (Wildman–Crippen LogP) is 14.8. The lowest BCUT2D eigenvalue weighted by atomic mass is 9.48. The van der Waals surface area contributed by atoms with Crippen molar-refractivity contribution < 1.29 is 0 Å². The van der Waals surface area contributed by atoms with Gasteiger partial charge in [0, 0.05) is 10.8 Å². The number of benzene rings is 5. The van der Waals surface area contributed by atoms with Gasteiger partial charge in [-0.1, -0.05) is 162 Å². The molecule has 0 spiro atoms. The maximum atomic E-state index is 2.65. The van der Waals surface area contributed by atoms with Gasteiger partial charge in [-0.25, -0.2) is 0 Å². The van der Waals surface area contributed by atoms with Crippen molar-refractivity contribution in [3.63, 3.8) is 0 Å². The molecule has 11 rings (SSSR count). The normalized spacial score (nSPS) is 23.4. The van der Waals surface area contributed by atoms with E-state index in [0.717, 1.165) is 23.7 Å². The largest absolute Gasteiger partial charge is 0.0619 e. The highest BCUT2D eigenvalue weighted by atomic mass is 14.6. The van der Waals surface area contributed by atoms with Crippen molar-refractivity contribution in [2.75, 3.05) is 0 Å². The first-order valence-electron chi connectivity index (χ1n) is 22.1. The number of hydrogen-bond acceptors (Lipinski definition) is 0. The molecule has 0 atom stereocenters. The molecule has 0 heteroatoms. The van der Waals surface area contributed by atoms with E-state index >= 15 is 0 Å². The van der Waals surface area contributed by atoms with Crippen molar-refractivity contribution in [3.8, 4) is 22.3 Å². The quantitative estimate of drug-likeness (QED) is 0.166. The van der Waals surface area contributed by atoms with Crippen LogP contribution in [0.2, 0.25) is 0 Å². The van der Waals surface area contributed by atoms with Crippen LogP contribution in [0.15, 0.2) is 84.9 Å². The Morgan fingerprint density at radius 2 is 0.615 bits per heavy atom. The molecule has 5 aromatic carbocycles. The van der Waals surface area contributed by atoms with E-state index in [2.05, 4.69) is 84.9 Å². The molecule has 0 nitrogen and oxygen atoms in total. The van der Waals surface area contributed by atoms with Gasteiger partial charge in [0.1, 0.15) is 0 Å². The molecular weight excluding hydrogens is 625 g/mol. The summed E-state index contributed by atoms with van der Waals surface area (Å²) in [4.78, 5) is 0. The van der Waals surface area contributed by atoms with Crippen LogP contribution < -0.4 is 0 Å². The van der Waals surface area contributed by atoms with Crippen LogP contribution in [-0.4, -0.2) is 0 Å². The fourth-order valence-corrected chi connectivity index (χ4v) is 14.6.